The molecule has 0 amide bonds. The molecule has 0 saturated heterocycles. The third-order valence-electron chi connectivity index (χ3n) is 1.30. The van der Waals surface area contributed by atoms with E-state index in [-0.39, 0.29) is 17.7 Å². The van der Waals surface area contributed by atoms with Crippen LogP contribution in [0.3, 0.4) is 0 Å². The van der Waals surface area contributed by atoms with Gasteiger partial charge < -0.3 is 10.2 Å². The van der Waals surface area contributed by atoms with Crippen molar-refractivity contribution in [2.75, 3.05) is 0 Å². The zero-order chi connectivity index (χ0) is 9.56. The highest BCUT2D eigenvalue weighted by molar-refractivity contribution is 9.09. The topological polar surface area (TPSA) is 74.6 Å². The molecule has 0 bridgehead atoms. The van der Waals surface area contributed by atoms with E-state index < -0.39 is 11.9 Å². The van der Waals surface area contributed by atoms with Gasteiger partial charge in [0.25, 0.3) is 0 Å². The molecule has 0 aromatic carbocycles. The fourth-order valence-corrected chi connectivity index (χ4v) is 1.37. The molecule has 0 radical (unpaired) electrons. The van der Waals surface area contributed by atoms with E-state index in [0.29, 0.717) is 12.8 Å². The first kappa shape index (κ1) is 11.4. The Morgan fingerprint density at radius 1 is 1.25 bits per heavy atom. The molecule has 0 aromatic rings. The van der Waals surface area contributed by atoms with Gasteiger partial charge in [0.15, 0.2) is 0 Å². The van der Waals surface area contributed by atoms with Crippen molar-refractivity contribution in [1.29, 1.82) is 0 Å². The van der Waals surface area contributed by atoms with Crippen LogP contribution < -0.4 is 0 Å². The second kappa shape index (κ2) is 5.99. The van der Waals surface area contributed by atoms with Crippen LogP contribution in [-0.4, -0.2) is 27.0 Å². The van der Waals surface area contributed by atoms with E-state index >= 15 is 0 Å². The summed E-state index contributed by atoms with van der Waals surface area (Å²) in [7, 11) is 0. The van der Waals surface area contributed by atoms with Gasteiger partial charge in [-0.15, -0.1) is 0 Å². The summed E-state index contributed by atoms with van der Waals surface area (Å²) in [4.78, 5) is 20.1. The highest BCUT2D eigenvalue weighted by atomic mass is 79.9. The van der Waals surface area contributed by atoms with Crippen LogP contribution in [0.15, 0.2) is 0 Å². The molecule has 0 heterocycles. The van der Waals surface area contributed by atoms with Crippen LogP contribution in [0, 0.1) is 0 Å². The molecule has 4 nitrogen and oxygen atoms in total. The molecule has 1 unspecified atom stereocenters. The van der Waals surface area contributed by atoms with Crippen LogP contribution in [-0.2, 0) is 9.59 Å². The van der Waals surface area contributed by atoms with E-state index in [0.717, 1.165) is 0 Å². The molecule has 12 heavy (non-hydrogen) atoms. The molecule has 0 saturated carbocycles. The Morgan fingerprint density at radius 2 is 1.83 bits per heavy atom. The zero-order valence-corrected chi connectivity index (χ0v) is 8.08. The summed E-state index contributed by atoms with van der Waals surface area (Å²) in [5, 5.41) is 16.6. The van der Waals surface area contributed by atoms with E-state index in [1.54, 1.807) is 0 Å². The molecule has 70 valence electrons. The maximum Gasteiger partial charge on any atom is 0.304 e. The molecule has 0 aromatic heterocycles. The Balaban J connectivity index is 3.37. The van der Waals surface area contributed by atoms with Crippen LogP contribution in [0.2, 0.25) is 0 Å². The molecule has 0 fully saturated rings. The van der Waals surface area contributed by atoms with Gasteiger partial charge in [-0.05, 0) is 12.8 Å². The Bertz CT molecular complexity index is 169. The monoisotopic (exact) mass is 238 g/mol. The number of carboxylic acid groups (broad SMARTS) is 2. The number of aliphatic carboxylic acids is 2. The summed E-state index contributed by atoms with van der Waals surface area (Å²) in [6.45, 7) is 0. The lowest BCUT2D eigenvalue weighted by Gasteiger charge is -2.04. The predicted octanol–water partition coefficient (Wildman–Crippen LogP) is 1.48. The minimum Gasteiger partial charge on any atom is -0.481 e. The normalized spacial score (nSPS) is 12.4. The molecule has 1 atom stereocenters. The lowest BCUT2D eigenvalue weighted by molar-refractivity contribution is -0.137. The van der Waals surface area contributed by atoms with Crippen molar-refractivity contribution in [2.24, 2.45) is 0 Å². The molecule has 2 N–H and O–H groups in total. The number of alkyl halides is 1. The van der Waals surface area contributed by atoms with Crippen molar-refractivity contribution in [3.8, 4) is 0 Å². The number of halogens is 1. The number of carbonyl (C=O) groups is 2. The Morgan fingerprint density at radius 3 is 2.25 bits per heavy atom. The van der Waals surface area contributed by atoms with Crippen molar-refractivity contribution in [3.05, 3.63) is 0 Å². The van der Waals surface area contributed by atoms with Gasteiger partial charge in [0, 0.05) is 11.2 Å². The Labute approximate surface area is 78.7 Å². The lowest BCUT2D eigenvalue weighted by Crippen LogP contribution is -2.07. The minimum atomic E-state index is -0.868. The van der Waals surface area contributed by atoms with E-state index in [4.69, 9.17) is 10.2 Å². The maximum atomic E-state index is 10.2. The molecule has 0 aliphatic carbocycles. The summed E-state index contributed by atoms with van der Waals surface area (Å²) in [5.41, 5.74) is 0. The second-order valence-electron chi connectivity index (χ2n) is 2.48. The van der Waals surface area contributed by atoms with Gasteiger partial charge in [-0.1, -0.05) is 15.9 Å². The van der Waals surface area contributed by atoms with Crippen molar-refractivity contribution in [1.82, 2.24) is 0 Å². The molecule has 0 aliphatic heterocycles. The van der Waals surface area contributed by atoms with Crippen LogP contribution in [0.4, 0.5) is 0 Å². The first-order valence-electron chi connectivity index (χ1n) is 3.60. The number of hydrogen-bond donors (Lipinski definition) is 2. The average Bonchev–Trinajstić information content (AvgIpc) is 1.84. The molecule has 5 heteroatoms. The largest absolute Gasteiger partial charge is 0.481 e. The van der Waals surface area contributed by atoms with Crippen molar-refractivity contribution in [3.63, 3.8) is 0 Å². The molecule has 0 rings (SSSR count). The van der Waals surface area contributed by atoms with Crippen molar-refractivity contribution in [2.45, 2.75) is 30.5 Å². The molecule has 0 aliphatic rings. The number of rotatable bonds is 6. The first-order chi connectivity index (χ1) is 5.52. The number of carboxylic acids is 2. The average molecular weight is 239 g/mol. The highest BCUT2D eigenvalue weighted by Crippen LogP contribution is 2.13. The smallest absolute Gasteiger partial charge is 0.304 e. The third-order valence-corrected chi connectivity index (χ3v) is 2.09. The zero-order valence-electron chi connectivity index (χ0n) is 6.49. The Hall–Kier alpha value is -0.580. The third kappa shape index (κ3) is 7.53. The van der Waals surface area contributed by atoms with Gasteiger partial charge in [-0.2, -0.15) is 0 Å². The summed E-state index contributed by atoms with van der Waals surface area (Å²) < 4.78 is 0. The quantitative estimate of drug-likeness (QED) is 0.688. The summed E-state index contributed by atoms with van der Waals surface area (Å²) in [5.74, 6) is -1.71. The second-order valence-corrected chi connectivity index (χ2v) is 3.78. The van der Waals surface area contributed by atoms with Gasteiger partial charge in [-0.3, -0.25) is 9.59 Å². The maximum absolute atomic E-state index is 10.2. The Kier molecular flexibility index (Phi) is 5.70. The fourth-order valence-electron chi connectivity index (χ4n) is 0.766. The van der Waals surface area contributed by atoms with Gasteiger partial charge in [0.05, 0.1) is 6.42 Å². The van der Waals surface area contributed by atoms with E-state index in [9.17, 15) is 9.59 Å². The summed E-state index contributed by atoms with van der Waals surface area (Å²) in [6, 6.07) is 0. The van der Waals surface area contributed by atoms with Crippen LogP contribution in [0.5, 0.6) is 0 Å². The SMILES string of the molecule is O=C(O)CCCC(Br)CC(=O)O. The lowest BCUT2D eigenvalue weighted by atomic mass is 10.1. The highest BCUT2D eigenvalue weighted by Gasteiger charge is 2.09. The summed E-state index contributed by atoms with van der Waals surface area (Å²) in [6.07, 6.45) is 1.23. The van der Waals surface area contributed by atoms with Gasteiger partial charge in [0.1, 0.15) is 0 Å². The van der Waals surface area contributed by atoms with E-state index in [1.807, 2.05) is 0 Å². The van der Waals surface area contributed by atoms with Gasteiger partial charge in [-0.25, -0.2) is 0 Å². The first-order valence-corrected chi connectivity index (χ1v) is 4.51. The fraction of sp³-hybridized carbons (Fsp3) is 0.714. The molecule has 0 spiro atoms. The van der Waals surface area contributed by atoms with E-state index in [2.05, 4.69) is 15.9 Å². The van der Waals surface area contributed by atoms with Gasteiger partial charge >= 0.3 is 11.9 Å². The van der Waals surface area contributed by atoms with Crippen molar-refractivity contribution < 1.29 is 19.8 Å². The van der Waals surface area contributed by atoms with Crippen molar-refractivity contribution >= 4 is 27.9 Å². The minimum absolute atomic E-state index is 0.0413. The van der Waals surface area contributed by atoms with Crippen LogP contribution in [0.1, 0.15) is 25.7 Å². The molecular formula is C7H11BrO4. The standard InChI is InChI=1S/C7H11BrO4/c8-5(4-7(11)12)2-1-3-6(9)10/h5H,1-4H2,(H,9,10)(H,11,12). The summed E-state index contributed by atoms with van der Waals surface area (Å²) >= 11 is 3.15. The number of hydrogen-bond acceptors (Lipinski definition) is 2. The van der Waals surface area contributed by atoms with Crippen LogP contribution in [0.25, 0.3) is 0 Å². The van der Waals surface area contributed by atoms with Gasteiger partial charge in [0.2, 0.25) is 0 Å². The predicted molar refractivity (Wildman–Crippen MR) is 46.5 cm³/mol. The molecular weight excluding hydrogens is 228 g/mol. The van der Waals surface area contributed by atoms with Crippen LogP contribution >= 0.6 is 15.9 Å². The van der Waals surface area contributed by atoms with E-state index in [1.165, 1.54) is 0 Å².